The van der Waals surface area contributed by atoms with Crippen LogP contribution in [0.25, 0.3) is 86.5 Å². The Kier molecular flexibility index (Phi) is 7.35. The highest BCUT2D eigenvalue weighted by atomic mass is 32.1. The van der Waals surface area contributed by atoms with E-state index in [-0.39, 0.29) is 0 Å². The fourth-order valence-corrected chi connectivity index (χ4v) is 9.08. The number of oxazole rings is 1. The molecule has 3 nitrogen and oxygen atoms in total. The summed E-state index contributed by atoms with van der Waals surface area (Å²) in [6, 6.07) is 69.4. The lowest BCUT2D eigenvalue weighted by Crippen LogP contribution is -2.09. The number of benzene rings is 9. The topological polar surface area (TPSA) is 29.3 Å². The Balaban J connectivity index is 1.01. The van der Waals surface area contributed by atoms with E-state index in [4.69, 9.17) is 9.40 Å². The van der Waals surface area contributed by atoms with Gasteiger partial charge in [0.15, 0.2) is 5.58 Å². The summed E-state index contributed by atoms with van der Waals surface area (Å²) >= 11 is 1.85. The second kappa shape index (κ2) is 12.8. The molecular formula is C51H32N2OS. The van der Waals surface area contributed by atoms with Gasteiger partial charge in [-0.2, -0.15) is 0 Å². The van der Waals surface area contributed by atoms with E-state index in [2.05, 4.69) is 169 Å². The second-order valence-electron chi connectivity index (χ2n) is 14.0. The molecule has 0 radical (unpaired) electrons. The Bertz CT molecular complexity index is 3180. The summed E-state index contributed by atoms with van der Waals surface area (Å²) in [5.41, 5.74) is 10.7. The third-order valence-electron chi connectivity index (χ3n) is 10.7. The summed E-state index contributed by atoms with van der Waals surface area (Å²) in [4.78, 5) is 7.24. The standard InChI is InChI=1S/C51H32N2OS/c1-3-9-33(10-4-1)34-19-24-40(25-20-34)53(42-28-29-44-43-13-7-8-14-47(43)55-48(44)32-42)41-26-21-35(22-27-41)39-18-16-36-15-17-37-23-30-46-50(49(37)45(36)31-39)54-51(52-46)38-11-5-2-6-12-38/h1-32H. The summed E-state index contributed by atoms with van der Waals surface area (Å²) in [5, 5.41) is 7.14. The molecule has 0 saturated carbocycles. The SMILES string of the molecule is c1ccc(-c2ccc(N(c3ccc(-c4ccc5ccc6ccc7nc(-c8ccccc8)oc7c6c5c4)cc3)c3ccc4c(c3)sc3ccccc34)cc2)cc1. The van der Waals surface area contributed by atoms with Gasteiger partial charge in [0.1, 0.15) is 5.52 Å². The van der Waals surface area contributed by atoms with Crippen molar-refractivity contribution in [2.24, 2.45) is 0 Å². The normalized spacial score (nSPS) is 11.6. The van der Waals surface area contributed by atoms with Crippen molar-refractivity contribution >= 4 is 81.2 Å². The summed E-state index contributed by atoms with van der Waals surface area (Å²) < 4.78 is 9.09. The molecule has 0 N–H and O–H groups in total. The largest absolute Gasteiger partial charge is 0.435 e. The van der Waals surface area contributed by atoms with Gasteiger partial charge in [0.05, 0.1) is 0 Å². The van der Waals surface area contributed by atoms with Gasteiger partial charge in [0, 0.05) is 48.2 Å². The molecule has 0 amide bonds. The van der Waals surface area contributed by atoms with Crippen LogP contribution in [0.15, 0.2) is 199 Å². The predicted molar refractivity (Wildman–Crippen MR) is 233 cm³/mol. The van der Waals surface area contributed by atoms with Crippen LogP contribution >= 0.6 is 11.3 Å². The molecule has 0 aliphatic rings. The number of nitrogens with zero attached hydrogens (tertiary/aromatic N) is 2. The van der Waals surface area contributed by atoms with E-state index >= 15 is 0 Å². The molecule has 0 atom stereocenters. The highest BCUT2D eigenvalue weighted by Crippen LogP contribution is 2.42. The third kappa shape index (κ3) is 5.46. The van der Waals surface area contributed by atoms with Crippen LogP contribution in [0.3, 0.4) is 0 Å². The molecule has 0 bridgehead atoms. The van der Waals surface area contributed by atoms with Gasteiger partial charge in [-0.3, -0.25) is 0 Å². The maximum Gasteiger partial charge on any atom is 0.227 e. The first-order valence-electron chi connectivity index (χ1n) is 18.5. The molecule has 2 heterocycles. The first kappa shape index (κ1) is 31.5. The van der Waals surface area contributed by atoms with E-state index in [1.165, 1.54) is 36.7 Å². The van der Waals surface area contributed by atoms with Crippen molar-refractivity contribution in [3.8, 4) is 33.7 Å². The Morgan fingerprint density at radius 2 is 0.964 bits per heavy atom. The lowest BCUT2D eigenvalue weighted by molar-refractivity contribution is 0.623. The Morgan fingerprint density at radius 1 is 0.400 bits per heavy atom. The summed E-state index contributed by atoms with van der Waals surface area (Å²) in [5.74, 6) is 0.637. The minimum atomic E-state index is 0.637. The van der Waals surface area contributed by atoms with Crippen LogP contribution < -0.4 is 4.90 Å². The van der Waals surface area contributed by atoms with Gasteiger partial charge in [-0.25, -0.2) is 4.98 Å². The second-order valence-corrected chi connectivity index (χ2v) is 15.1. The lowest BCUT2D eigenvalue weighted by atomic mass is 9.96. The van der Waals surface area contributed by atoms with Gasteiger partial charge in [-0.15, -0.1) is 11.3 Å². The van der Waals surface area contributed by atoms with Crippen molar-refractivity contribution in [3.63, 3.8) is 0 Å². The van der Waals surface area contributed by atoms with E-state index in [1.807, 2.05) is 41.7 Å². The van der Waals surface area contributed by atoms with Crippen molar-refractivity contribution < 1.29 is 4.42 Å². The van der Waals surface area contributed by atoms with Crippen LogP contribution in [0.1, 0.15) is 0 Å². The van der Waals surface area contributed by atoms with Crippen LogP contribution in [0.4, 0.5) is 17.1 Å². The molecule has 2 aromatic heterocycles. The lowest BCUT2D eigenvalue weighted by Gasteiger charge is -2.26. The molecule has 0 aliphatic carbocycles. The molecule has 55 heavy (non-hydrogen) atoms. The molecule has 0 unspecified atom stereocenters. The van der Waals surface area contributed by atoms with Gasteiger partial charge in [-0.05, 0) is 105 Å². The minimum Gasteiger partial charge on any atom is -0.435 e. The summed E-state index contributed by atoms with van der Waals surface area (Å²) in [6.07, 6.45) is 0. The predicted octanol–water partition coefficient (Wildman–Crippen LogP) is 15.0. The van der Waals surface area contributed by atoms with E-state index in [1.54, 1.807) is 0 Å². The van der Waals surface area contributed by atoms with Crippen molar-refractivity contribution in [3.05, 3.63) is 194 Å². The molecule has 0 spiro atoms. The summed E-state index contributed by atoms with van der Waals surface area (Å²) in [6.45, 7) is 0. The Hall–Kier alpha value is -7.01. The monoisotopic (exact) mass is 720 g/mol. The first-order chi connectivity index (χ1) is 27.2. The highest BCUT2D eigenvalue weighted by Gasteiger charge is 2.17. The van der Waals surface area contributed by atoms with Gasteiger partial charge in [-0.1, -0.05) is 127 Å². The molecule has 11 rings (SSSR count). The number of aromatic nitrogens is 1. The maximum absolute atomic E-state index is 6.51. The molecular weight excluding hydrogens is 689 g/mol. The van der Waals surface area contributed by atoms with Gasteiger partial charge in [0.2, 0.25) is 5.89 Å². The van der Waals surface area contributed by atoms with E-state index < -0.39 is 0 Å². The van der Waals surface area contributed by atoms with E-state index in [0.717, 1.165) is 61.0 Å². The van der Waals surface area contributed by atoms with Crippen LogP contribution in [0.2, 0.25) is 0 Å². The van der Waals surface area contributed by atoms with Crippen molar-refractivity contribution in [1.82, 2.24) is 4.98 Å². The molecule has 9 aromatic carbocycles. The van der Waals surface area contributed by atoms with E-state index in [0.29, 0.717) is 5.89 Å². The molecule has 11 aromatic rings. The fraction of sp³-hybridized carbons (Fsp3) is 0. The zero-order valence-corrected chi connectivity index (χ0v) is 30.5. The average Bonchev–Trinajstić information content (AvgIpc) is 3.86. The highest BCUT2D eigenvalue weighted by molar-refractivity contribution is 7.25. The van der Waals surface area contributed by atoms with Gasteiger partial charge < -0.3 is 9.32 Å². The Morgan fingerprint density at radius 3 is 1.73 bits per heavy atom. The quantitative estimate of drug-likeness (QED) is 0.160. The Labute approximate surface area is 322 Å². The maximum atomic E-state index is 6.51. The molecule has 4 heteroatoms. The molecule has 258 valence electrons. The smallest absolute Gasteiger partial charge is 0.227 e. The van der Waals surface area contributed by atoms with E-state index in [9.17, 15) is 0 Å². The van der Waals surface area contributed by atoms with Crippen molar-refractivity contribution in [2.45, 2.75) is 0 Å². The number of hydrogen-bond acceptors (Lipinski definition) is 4. The molecule has 0 aliphatic heterocycles. The molecule has 0 fully saturated rings. The van der Waals surface area contributed by atoms with Gasteiger partial charge in [0.25, 0.3) is 0 Å². The zero-order chi connectivity index (χ0) is 36.3. The van der Waals surface area contributed by atoms with Crippen LogP contribution in [-0.2, 0) is 0 Å². The number of hydrogen-bond donors (Lipinski definition) is 0. The van der Waals surface area contributed by atoms with Gasteiger partial charge >= 0.3 is 0 Å². The van der Waals surface area contributed by atoms with Crippen molar-refractivity contribution in [1.29, 1.82) is 0 Å². The van der Waals surface area contributed by atoms with Crippen LogP contribution in [0, 0.1) is 0 Å². The zero-order valence-electron chi connectivity index (χ0n) is 29.7. The van der Waals surface area contributed by atoms with Crippen molar-refractivity contribution in [2.75, 3.05) is 4.90 Å². The van der Waals surface area contributed by atoms with Crippen LogP contribution in [-0.4, -0.2) is 4.98 Å². The first-order valence-corrected chi connectivity index (χ1v) is 19.3. The third-order valence-corrected chi connectivity index (χ3v) is 11.8. The molecule has 0 saturated heterocycles. The number of rotatable bonds is 6. The average molecular weight is 721 g/mol. The minimum absolute atomic E-state index is 0.637. The number of anilines is 3. The number of fused-ring (bicyclic) bond motifs is 8. The summed E-state index contributed by atoms with van der Waals surface area (Å²) in [7, 11) is 0. The number of thiophene rings is 1. The fourth-order valence-electron chi connectivity index (χ4n) is 7.94. The van der Waals surface area contributed by atoms with Crippen LogP contribution in [0.5, 0.6) is 0 Å².